The Morgan fingerprint density at radius 1 is 0.633 bits per heavy atom. The number of piperidine rings is 1. The van der Waals surface area contributed by atoms with Gasteiger partial charge in [0, 0.05) is 36.8 Å². The van der Waals surface area contributed by atoms with Gasteiger partial charge in [-0.2, -0.15) is 0 Å². The van der Waals surface area contributed by atoms with Crippen molar-refractivity contribution in [2.75, 3.05) is 19.6 Å². The van der Waals surface area contributed by atoms with E-state index in [1.165, 1.54) is 51.5 Å². The molecule has 168 valence electrons. The van der Waals surface area contributed by atoms with Gasteiger partial charge in [0.25, 0.3) is 0 Å². The number of nitrogens with zero attached hydrogens (tertiary/aromatic N) is 1. The Kier molecular flexibility index (Phi) is 4.62. The van der Waals surface area contributed by atoms with E-state index in [4.69, 9.17) is 0 Å². The van der Waals surface area contributed by atoms with Gasteiger partial charge in [-0.25, -0.2) is 0 Å². The lowest BCUT2D eigenvalue weighted by atomic mass is 9.34. The molecule has 0 aromatic heterocycles. The van der Waals surface area contributed by atoms with E-state index in [9.17, 15) is 0 Å². The summed E-state index contributed by atoms with van der Waals surface area (Å²) >= 11 is 0. The fraction of sp³-hybridized carbons (Fsp3) is 1.00. The molecule has 30 heavy (non-hydrogen) atoms. The number of nitrogens with one attached hydrogen (secondary N) is 3. The van der Waals surface area contributed by atoms with Crippen molar-refractivity contribution in [3.63, 3.8) is 0 Å². The average Bonchev–Trinajstić information content (AvgIpc) is 2.90. The minimum absolute atomic E-state index is 0.633. The minimum atomic E-state index is 0.633. The molecule has 0 aromatic carbocycles. The monoisotopic (exact) mass is 412 g/mol. The fourth-order valence-electron chi connectivity index (χ4n) is 10.1. The Bertz CT molecular complexity index is 620. The number of rotatable bonds is 2. The first-order valence-electron chi connectivity index (χ1n) is 13.7. The standard InChI is InChI=1S/C26H44N4/c1-3-7-23-18(5-1)9-10-19-6-2-4-8-24(19)30(23)26-15-25(16-26,17-26)21-11-20-12-28-29-14-22(20)27-13-21/h18-24,27-29H,1-17H2. The lowest BCUT2D eigenvalue weighted by molar-refractivity contribution is -0.279. The summed E-state index contributed by atoms with van der Waals surface area (Å²) in [5.41, 5.74) is 8.14. The van der Waals surface area contributed by atoms with Gasteiger partial charge in [0.2, 0.25) is 0 Å². The van der Waals surface area contributed by atoms with E-state index < -0.39 is 0 Å². The molecule has 0 aromatic rings. The van der Waals surface area contributed by atoms with Gasteiger partial charge in [-0.05, 0) is 99.8 Å². The Balaban J connectivity index is 1.10. The smallest absolute Gasteiger partial charge is 0.0257 e. The van der Waals surface area contributed by atoms with E-state index in [-0.39, 0.29) is 0 Å². The molecule has 3 saturated heterocycles. The maximum absolute atomic E-state index is 3.95. The van der Waals surface area contributed by atoms with Gasteiger partial charge < -0.3 is 5.32 Å². The van der Waals surface area contributed by atoms with Crippen LogP contribution in [0.25, 0.3) is 0 Å². The van der Waals surface area contributed by atoms with Crippen molar-refractivity contribution >= 4 is 0 Å². The molecule has 4 nitrogen and oxygen atoms in total. The van der Waals surface area contributed by atoms with Crippen LogP contribution in [0.4, 0.5) is 0 Å². The second-order valence-electron chi connectivity index (χ2n) is 12.8. The number of hydrazine groups is 1. The minimum Gasteiger partial charge on any atom is -0.312 e. The Labute approximate surface area is 183 Å². The summed E-state index contributed by atoms with van der Waals surface area (Å²) in [6.07, 6.45) is 21.4. The van der Waals surface area contributed by atoms with Gasteiger partial charge in [-0.1, -0.05) is 25.7 Å². The summed E-state index contributed by atoms with van der Waals surface area (Å²) in [4.78, 5) is 3.29. The largest absolute Gasteiger partial charge is 0.312 e. The van der Waals surface area contributed by atoms with E-state index in [0.717, 1.165) is 48.8 Å². The second kappa shape index (κ2) is 7.17. The number of fused-ring (bicyclic) bond motifs is 3. The molecule has 4 heteroatoms. The third-order valence-electron chi connectivity index (χ3n) is 11.4. The summed E-state index contributed by atoms with van der Waals surface area (Å²) < 4.78 is 0. The molecule has 3 heterocycles. The highest BCUT2D eigenvalue weighted by Gasteiger charge is 2.74. The van der Waals surface area contributed by atoms with Crippen molar-refractivity contribution in [3.05, 3.63) is 0 Å². The van der Waals surface area contributed by atoms with Crippen LogP contribution in [0.15, 0.2) is 0 Å². The van der Waals surface area contributed by atoms with Gasteiger partial charge in [0.05, 0.1) is 0 Å². The predicted molar refractivity (Wildman–Crippen MR) is 121 cm³/mol. The van der Waals surface area contributed by atoms with Crippen molar-refractivity contribution in [1.82, 2.24) is 21.1 Å². The molecule has 3 N–H and O–H groups in total. The van der Waals surface area contributed by atoms with Gasteiger partial charge in [-0.3, -0.25) is 15.8 Å². The average molecular weight is 413 g/mol. The molecule has 8 aliphatic rings. The topological polar surface area (TPSA) is 39.3 Å². The number of hydrogen-bond acceptors (Lipinski definition) is 4. The van der Waals surface area contributed by atoms with Crippen molar-refractivity contribution in [1.29, 1.82) is 0 Å². The zero-order valence-electron chi connectivity index (χ0n) is 19.0. The van der Waals surface area contributed by atoms with Crippen LogP contribution < -0.4 is 16.2 Å². The Morgan fingerprint density at radius 3 is 1.97 bits per heavy atom. The van der Waals surface area contributed by atoms with Crippen LogP contribution in [0.2, 0.25) is 0 Å². The molecule has 7 atom stereocenters. The van der Waals surface area contributed by atoms with Crippen LogP contribution in [0.1, 0.15) is 89.9 Å². The second-order valence-corrected chi connectivity index (χ2v) is 12.8. The van der Waals surface area contributed by atoms with E-state index in [0.29, 0.717) is 17.0 Å². The maximum Gasteiger partial charge on any atom is 0.0257 e. The molecule has 5 saturated carbocycles. The fourth-order valence-corrected chi connectivity index (χ4v) is 10.1. The molecule has 0 amide bonds. The molecule has 5 aliphatic carbocycles. The Morgan fingerprint density at radius 2 is 1.27 bits per heavy atom. The third-order valence-corrected chi connectivity index (χ3v) is 11.4. The highest BCUT2D eigenvalue weighted by molar-refractivity contribution is 5.28. The maximum atomic E-state index is 3.95. The molecule has 7 unspecified atom stereocenters. The molecule has 3 aliphatic heterocycles. The molecule has 2 bridgehead atoms. The highest BCUT2D eigenvalue weighted by Crippen LogP contribution is 2.75. The normalized spacial score (nSPS) is 55.8. The van der Waals surface area contributed by atoms with Crippen LogP contribution in [0, 0.1) is 29.1 Å². The molecular formula is C26H44N4. The zero-order valence-corrected chi connectivity index (χ0v) is 19.0. The van der Waals surface area contributed by atoms with Crippen LogP contribution in [-0.2, 0) is 0 Å². The quantitative estimate of drug-likeness (QED) is 0.645. The van der Waals surface area contributed by atoms with Crippen LogP contribution >= 0.6 is 0 Å². The molecule has 0 radical (unpaired) electrons. The zero-order chi connectivity index (χ0) is 19.8. The predicted octanol–water partition coefficient (Wildman–Crippen LogP) is 3.82. The summed E-state index contributed by atoms with van der Waals surface area (Å²) in [7, 11) is 0. The van der Waals surface area contributed by atoms with Crippen LogP contribution in [0.5, 0.6) is 0 Å². The highest BCUT2D eigenvalue weighted by atomic mass is 15.4. The van der Waals surface area contributed by atoms with Crippen molar-refractivity contribution in [2.24, 2.45) is 29.1 Å². The van der Waals surface area contributed by atoms with E-state index in [1.807, 2.05) is 0 Å². The molecular weight excluding hydrogens is 368 g/mol. The summed E-state index contributed by atoms with van der Waals surface area (Å²) in [6, 6.07) is 2.61. The molecule has 8 fully saturated rings. The van der Waals surface area contributed by atoms with Gasteiger partial charge >= 0.3 is 0 Å². The van der Waals surface area contributed by atoms with Crippen molar-refractivity contribution < 1.29 is 0 Å². The first kappa shape index (κ1) is 19.3. The summed E-state index contributed by atoms with van der Waals surface area (Å²) in [6.45, 7) is 3.56. The van der Waals surface area contributed by atoms with Gasteiger partial charge in [-0.15, -0.1) is 0 Å². The molecule has 8 rings (SSSR count). The van der Waals surface area contributed by atoms with Gasteiger partial charge in [0.15, 0.2) is 0 Å². The van der Waals surface area contributed by atoms with E-state index in [1.54, 1.807) is 44.9 Å². The summed E-state index contributed by atoms with van der Waals surface area (Å²) in [5.74, 6) is 3.86. The van der Waals surface area contributed by atoms with E-state index in [2.05, 4.69) is 21.1 Å². The van der Waals surface area contributed by atoms with E-state index >= 15 is 0 Å². The van der Waals surface area contributed by atoms with Crippen LogP contribution in [0.3, 0.4) is 0 Å². The van der Waals surface area contributed by atoms with Crippen LogP contribution in [-0.4, -0.2) is 48.2 Å². The van der Waals surface area contributed by atoms with Crippen molar-refractivity contribution in [3.8, 4) is 0 Å². The Hall–Kier alpha value is -0.160. The number of hydrogen-bond donors (Lipinski definition) is 3. The first-order chi connectivity index (χ1) is 14.8. The summed E-state index contributed by atoms with van der Waals surface area (Å²) in [5, 5.41) is 3.95. The number of likely N-dealkylation sites (tertiary alicyclic amines) is 1. The molecule has 0 spiro atoms. The SMILES string of the molecule is C1CCC2C(C1)CCC1CCCCC1N2C12CC(C3CNC4CNNCC4C3)(C1)C2. The van der Waals surface area contributed by atoms with Crippen molar-refractivity contribution in [2.45, 2.75) is 114 Å². The van der Waals surface area contributed by atoms with Gasteiger partial charge in [0.1, 0.15) is 0 Å². The lowest BCUT2D eigenvalue weighted by Crippen LogP contribution is -2.81. The lowest BCUT2D eigenvalue weighted by Gasteiger charge is -2.79. The third kappa shape index (κ3) is 2.79. The first-order valence-corrected chi connectivity index (χ1v) is 13.7.